The van der Waals surface area contributed by atoms with Crippen molar-refractivity contribution in [3.63, 3.8) is 0 Å². The van der Waals surface area contributed by atoms with Crippen LogP contribution < -0.4 is 5.32 Å². The standard InChI is InChI=1S/C14H28N2O/c1-4-13-10-17-11(2)8-16(13)9-12-6-5-7-14(12)15-3/h11-15H,4-10H2,1-3H3. The van der Waals surface area contributed by atoms with Gasteiger partial charge in [0.05, 0.1) is 12.7 Å². The molecule has 3 heteroatoms. The number of morpholine rings is 1. The van der Waals surface area contributed by atoms with Gasteiger partial charge in [0.15, 0.2) is 0 Å². The van der Waals surface area contributed by atoms with Crippen LogP contribution in [0.2, 0.25) is 0 Å². The van der Waals surface area contributed by atoms with E-state index < -0.39 is 0 Å². The van der Waals surface area contributed by atoms with Crippen molar-refractivity contribution in [3.05, 3.63) is 0 Å². The Balaban J connectivity index is 1.90. The van der Waals surface area contributed by atoms with Crippen LogP contribution in [0.25, 0.3) is 0 Å². The van der Waals surface area contributed by atoms with Crippen LogP contribution in [-0.2, 0) is 4.74 Å². The zero-order chi connectivity index (χ0) is 12.3. The Morgan fingerprint density at radius 3 is 2.88 bits per heavy atom. The molecule has 1 saturated heterocycles. The highest BCUT2D eigenvalue weighted by molar-refractivity contribution is 4.87. The maximum absolute atomic E-state index is 5.77. The van der Waals surface area contributed by atoms with Crippen molar-refractivity contribution in [1.82, 2.24) is 10.2 Å². The minimum absolute atomic E-state index is 0.409. The lowest BCUT2D eigenvalue weighted by atomic mass is 10.0. The first kappa shape index (κ1) is 13.3. The lowest BCUT2D eigenvalue weighted by Gasteiger charge is -2.40. The van der Waals surface area contributed by atoms with Crippen molar-refractivity contribution < 1.29 is 4.74 Å². The summed E-state index contributed by atoms with van der Waals surface area (Å²) in [6, 6.07) is 1.38. The van der Waals surface area contributed by atoms with E-state index in [1.807, 2.05) is 0 Å². The molecule has 1 heterocycles. The van der Waals surface area contributed by atoms with E-state index in [9.17, 15) is 0 Å². The molecule has 0 amide bonds. The van der Waals surface area contributed by atoms with Gasteiger partial charge in [-0.2, -0.15) is 0 Å². The summed E-state index contributed by atoms with van der Waals surface area (Å²) in [5.41, 5.74) is 0. The van der Waals surface area contributed by atoms with Gasteiger partial charge < -0.3 is 10.1 Å². The lowest BCUT2D eigenvalue weighted by molar-refractivity contribution is -0.0612. The molecule has 2 rings (SSSR count). The number of nitrogens with one attached hydrogen (secondary N) is 1. The van der Waals surface area contributed by atoms with Crippen LogP contribution in [0.1, 0.15) is 39.5 Å². The van der Waals surface area contributed by atoms with E-state index in [0.29, 0.717) is 12.1 Å². The Morgan fingerprint density at radius 2 is 2.18 bits per heavy atom. The molecule has 1 aliphatic carbocycles. The fraction of sp³-hybridized carbons (Fsp3) is 1.00. The van der Waals surface area contributed by atoms with E-state index in [0.717, 1.165) is 25.1 Å². The Labute approximate surface area is 106 Å². The summed E-state index contributed by atoms with van der Waals surface area (Å²) in [5.74, 6) is 0.847. The van der Waals surface area contributed by atoms with Gasteiger partial charge in [-0.15, -0.1) is 0 Å². The van der Waals surface area contributed by atoms with Crippen LogP contribution in [0, 0.1) is 5.92 Å². The topological polar surface area (TPSA) is 24.5 Å². The SMILES string of the molecule is CCC1COC(C)CN1CC1CCCC1NC. The predicted molar refractivity (Wildman–Crippen MR) is 71.3 cm³/mol. The van der Waals surface area contributed by atoms with Crippen molar-refractivity contribution in [3.8, 4) is 0 Å². The first-order valence-electron chi connectivity index (χ1n) is 7.27. The molecule has 100 valence electrons. The Bertz CT molecular complexity index is 234. The first-order valence-corrected chi connectivity index (χ1v) is 7.27. The molecule has 0 aromatic carbocycles. The highest BCUT2D eigenvalue weighted by Gasteiger charge is 2.32. The number of hydrogen-bond acceptors (Lipinski definition) is 3. The second kappa shape index (κ2) is 6.17. The van der Waals surface area contributed by atoms with E-state index in [-0.39, 0.29) is 0 Å². The summed E-state index contributed by atoms with van der Waals surface area (Å²) in [6.45, 7) is 7.78. The van der Waals surface area contributed by atoms with Gasteiger partial charge in [0.25, 0.3) is 0 Å². The maximum atomic E-state index is 5.77. The van der Waals surface area contributed by atoms with E-state index in [4.69, 9.17) is 4.74 Å². The van der Waals surface area contributed by atoms with Crippen LogP contribution in [0.15, 0.2) is 0 Å². The van der Waals surface area contributed by atoms with Crippen LogP contribution in [0.3, 0.4) is 0 Å². The molecular formula is C14H28N2O. The third-order valence-electron chi connectivity index (χ3n) is 4.55. The molecule has 0 radical (unpaired) electrons. The Morgan fingerprint density at radius 1 is 1.35 bits per heavy atom. The summed E-state index contributed by atoms with van der Waals surface area (Å²) >= 11 is 0. The van der Waals surface area contributed by atoms with Gasteiger partial charge in [0.1, 0.15) is 0 Å². The van der Waals surface area contributed by atoms with E-state index >= 15 is 0 Å². The zero-order valence-corrected chi connectivity index (χ0v) is 11.6. The second-order valence-corrected chi connectivity index (χ2v) is 5.75. The van der Waals surface area contributed by atoms with Crippen LogP contribution >= 0.6 is 0 Å². The molecular weight excluding hydrogens is 212 g/mol. The number of rotatable bonds is 4. The fourth-order valence-electron chi connectivity index (χ4n) is 3.45. The van der Waals surface area contributed by atoms with Gasteiger partial charge >= 0.3 is 0 Å². The number of nitrogens with zero attached hydrogens (tertiary/aromatic N) is 1. The molecule has 2 aliphatic rings. The third kappa shape index (κ3) is 3.21. The zero-order valence-electron chi connectivity index (χ0n) is 11.6. The maximum Gasteiger partial charge on any atom is 0.0674 e. The van der Waals surface area contributed by atoms with Crippen LogP contribution in [0.5, 0.6) is 0 Å². The van der Waals surface area contributed by atoms with Crippen LogP contribution in [-0.4, -0.2) is 49.8 Å². The minimum atomic E-state index is 0.409. The largest absolute Gasteiger partial charge is 0.376 e. The molecule has 2 fully saturated rings. The molecule has 4 unspecified atom stereocenters. The Hall–Kier alpha value is -0.120. The molecule has 4 atom stereocenters. The molecule has 1 saturated carbocycles. The average molecular weight is 240 g/mol. The van der Waals surface area contributed by atoms with Gasteiger partial charge in [-0.3, -0.25) is 4.90 Å². The van der Waals surface area contributed by atoms with E-state index in [1.54, 1.807) is 0 Å². The molecule has 0 aromatic rings. The number of hydrogen-bond donors (Lipinski definition) is 1. The summed E-state index contributed by atoms with van der Waals surface area (Å²) < 4.78 is 5.77. The molecule has 0 aromatic heterocycles. The molecule has 1 N–H and O–H groups in total. The molecule has 3 nitrogen and oxygen atoms in total. The number of ether oxygens (including phenoxy) is 1. The van der Waals surface area contributed by atoms with Crippen molar-refractivity contribution in [2.24, 2.45) is 5.92 Å². The summed E-state index contributed by atoms with van der Waals surface area (Å²) in [5, 5.41) is 3.49. The summed E-state index contributed by atoms with van der Waals surface area (Å²) in [4.78, 5) is 2.68. The van der Waals surface area contributed by atoms with Crippen molar-refractivity contribution in [2.45, 2.75) is 57.7 Å². The normalized spacial score (nSPS) is 39.7. The highest BCUT2D eigenvalue weighted by atomic mass is 16.5. The highest BCUT2D eigenvalue weighted by Crippen LogP contribution is 2.28. The van der Waals surface area contributed by atoms with Crippen LogP contribution in [0.4, 0.5) is 0 Å². The molecule has 0 spiro atoms. The molecule has 17 heavy (non-hydrogen) atoms. The van der Waals surface area contributed by atoms with Gasteiger partial charge in [0, 0.05) is 25.2 Å². The van der Waals surface area contributed by atoms with Gasteiger partial charge in [0.2, 0.25) is 0 Å². The molecule has 1 aliphatic heterocycles. The van der Waals surface area contributed by atoms with Gasteiger partial charge in [-0.05, 0) is 39.2 Å². The first-order chi connectivity index (χ1) is 8.24. The smallest absolute Gasteiger partial charge is 0.0674 e. The van der Waals surface area contributed by atoms with E-state index in [1.165, 1.54) is 32.2 Å². The van der Waals surface area contributed by atoms with Crippen molar-refractivity contribution in [1.29, 1.82) is 0 Å². The monoisotopic (exact) mass is 240 g/mol. The summed E-state index contributed by atoms with van der Waals surface area (Å²) in [7, 11) is 2.11. The fourth-order valence-corrected chi connectivity index (χ4v) is 3.45. The lowest BCUT2D eigenvalue weighted by Crippen LogP contribution is -2.51. The minimum Gasteiger partial charge on any atom is -0.376 e. The van der Waals surface area contributed by atoms with Crippen molar-refractivity contribution in [2.75, 3.05) is 26.7 Å². The average Bonchev–Trinajstić information content (AvgIpc) is 2.77. The summed E-state index contributed by atoms with van der Waals surface area (Å²) in [6.07, 6.45) is 5.77. The second-order valence-electron chi connectivity index (χ2n) is 5.75. The van der Waals surface area contributed by atoms with Gasteiger partial charge in [-0.1, -0.05) is 13.3 Å². The Kier molecular flexibility index (Phi) is 4.83. The van der Waals surface area contributed by atoms with E-state index in [2.05, 4.69) is 31.1 Å². The molecule has 0 bridgehead atoms. The van der Waals surface area contributed by atoms with Gasteiger partial charge in [-0.25, -0.2) is 0 Å². The predicted octanol–water partition coefficient (Wildman–Crippen LogP) is 1.87. The van der Waals surface area contributed by atoms with Crippen molar-refractivity contribution >= 4 is 0 Å². The quantitative estimate of drug-likeness (QED) is 0.812. The third-order valence-corrected chi connectivity index (χ3v) is 4.55.